The van der Waals surface area contributed by atoms with Crippen LogP contribution in [0.2, 0.25) is 0 Å². The maximum atomic E-state index is 14.0. The van der Waals surface area contributed by atoms with Crippen molar-refractivity contribution in [1.82, 2.24) is 0 Å². The van der Waals surface area contributed by atoms with Crippen molar-refractivity contribution < 1.29 is 24.5 Å². The number of ether oxygens (including phenoxy) is 1. The molecule has 4 aliphatic carbocycles. The van der Waals surface area contributed by atoms with E-state index in [1.807, 2.05) is 26.0 Å². The smallest absolute Gasteiger partial charge is 0.198 e. The molecule has 2 N–H and O–H groups in total. The number of halogens is 2. The molecule has 172 valence electrons. The van der Waals surface area contributed by atoms with E-state index in [1.54, 1.807) is 13.8 Å². The van der Waals surface area contributed by atoms with Crippen LogP contribution in [-0.4, -0.2) is 43.2 Å². The van der Waals surface area contributed by atoms with E-state index in [9.17, 15) is 19.8 Å². The quantitative estimate of drug-likeness (QED) is 0.373. The second kappa shape index (κ2) is 7.61. The number of Topliss-reactive ketones (excluding diaryl/α,β-unsaturated/α-hetero) is 2. The topological polar surface area (TPSA) is 83.8 Å². The van der Waals surface area contributed by atoms with Crippen LogP contribution in [0.1, 0.15) is 79.7 Å². The van der Waals surface area contributed by atoms with Gasteiger partial charge in [0.15, 0.2) is 17.2 Å². The molecule has 1 aliphatic heterocycles. The van der Waals surface area contributed by atoms with Crippen LogP contribution in [-0.2, 0) is 11.2 Å². The van der Waals surface area contributed by atoms with Crippen molar-refractivity contribution in [2.75, 3.05) is 0 Å². The summed E-state index contributed by atoms with van der Waals surface area (Å²) in [5, 5.41) is 21.1. The molecule has 1 heterocycles. The highest BCUT2D eigenvalue weighted by atomic mass is 35.5. The van der Waals surface area contributed by atoms with E-state index >= 15 is 0 Å². The van der Waals surface area contributed by atoms with Crippen molar-refractivity contribution >= 4 is 34.8 Å². The summed E-state index contributed by atoms with van der Waals surface area (Å²) in [7, 11) is 0. The number of carbonyl (C=O) groups excluding carboxylic acids is 2. The number of phenols is 2. The fraction of sp³-hybridized carbons (Fsp3) is 0.520. The van der Waals surface area contributed by atoms with Gasteiger partial charge < -0.3 is 14.9 Å². The molecule has 32 heavy (non-hydrogen) atoms. The number of hydrogen-bond acceptors (Lipinski definition) is 5. The number of hydrogen-bond donors (Lipinski definition) is 2. The van der Waals surface area contributed by atoms with Crippen LogP contribution in [0, 0.1) is 0 Å². The van der Waals surface area contributed by atoms with Crippen LogP contribution in [0.3, 0.4) is 0 Å². The lowest BCUT2D eigenvalue weighted by atomic mass is 9.63. The second-order valence-electron chi connectivity index (χ2n) is 9.83. The van der Waals surface area contributed by atoms with E-state index in [0.717, 1.165) is 24.0 Å². The summed E-state index contributed by atoms with van der Waals surface area (Å²) in [5.74, 6) is -1.76. The molecule has 5 aliphatic rings. The van der Waals surface area contributed by atoms with Crippen molar-refractivity contribution in [3.63, 3.8) is 0 Å². The van der Waals surface area contributed by atoms with Gasteiger partial charge in [-0.3, -0.25) is 9.59 Å². The van der Waals surface area contributed by atoms with E-state index in [1.165, 1.54) is 6.07 Å². The third-order valence-electron chi connectivity index (χ3n) is 7.10. The molecule has 6 rings (SSSR count). The second-order valence-corrected chi connectivity index (χ2v) is 11.0. The number of ketones is 2. The molecule has 0 amide bonds. The number of carbonyl (C=O) groups is 2. The Balaban J connectivity index is 2.06. The molecule has 4 bridgehead atoms. The fourth-order valence-electron chi connectivity index (χ4n) is 5.06. The molecule has 3 unspecified atom stereocenters. The monoisotopic (exact) mass is 478 g/mol. The fourth-order valence-corrected chi connectivity index (χ4v) is 5.87. The number of benzene rings is 1. The molecule has 1 fully saturated rings. The van der Waals surface area contributed by atoms with Gasteiger partial charge in [0.1, 0.15) is 16.4 Å². The van der Waals surface area contributed by atoms with Gasteiger partial charge >= 0.3 is 0 Å². The summed E-state index contributed by atoms with van der Waals surface area (Å²) in [4.78, 5) is 26.1. The number of alkyl halides is 2. The third kappa shape index (κ3) is 3.24. The normalized spacial score (nSPS) is 35.5. The Labute approximate surface area is 198 Å². The maximum Gasteiger partial charge on any atom is 0.198 e. The van der Waals surface area contributed by atoms with Crippen molar-refractivity contribution in [3.8, 4) is 11.5 Å². The van der Waals surface area contributed by atoms with Gasteiger partial charge in [0.05, 0.1) is 16.5 Å². The van der Waals surface area contributed by atoms with Gasteiger partial charge in [0.2, 0.25) is 0 Å². The van der Waals surface area contributed by atoms with Crippen LogP contribution in [0.25, 0.3) is 0 Å². The summed E-state index contributed by atoms with van der Waals surface area (Å²) in [6.07, 6.45) is 5.82. The van der Waals surface area contributed by atoms with Crippen LogP contribution < -0.4 is 0 Å². The van der Waals surface area contributed by atoms with Gasteiger partial charge in [-0.05, 0) is 53.0 Å². The molecular formula is C25H28Cl2O5. The first-order valence-corrected chi connectivity index (χ1v) is 11.7. The van der Waals surface area contributed by atoms with E-state index in [2.05, 4.69) is 0 Å². The highest BCUT2D eigenvalue weighted by molar-refractivity contribution is 6.45. The largest absolute Gasteiger partial charge is 0.507 e. The van der Waals surface area contributed by atoms with Crippen molar-refractivity contribution in [1.29, 1.82) is 0 Å². The minimum atomic E-state index is -1.78. The minimum Gasteiger partial charge on any atom is -0.507 e. The zero-order chi connectivity index (χ0) is 23.6. The molecule has 0 radical (unpaired) electrons. The van der Waals surface area contributed by atoms with E-state index in [4.69, 9.17) is 27.9 Å². The number of fused-ring (bicyclic) bond motifs is 1. The Morgan fingerprint density at radius 3 is 2.47 bits per heavy atom. The highest BCUT2D eigenvalue weighted by Gasteiger charge is 2.70. The Morgan fingerprint density at radius 2 is 1.78 bits per heavy atom. The zero-order valence-electron chi connectivity index (χ0n) is 18.7. The van der Waals surface area contributed by atoms with Gasteiger partial charge in [-0.25, -0.2) is 0 Å². The van der Waals surface area contributed by atoms with Gasteiger partial charge in [-0.15, -0.1) is 23.2 Å². The molecule has 1 saturated heterocycles. The summed E-state index contributed by atoms with van der Waals surface area (Å²) >= 11 is 13.6. The summed E-state index contributed by atoms with van der Waals surface area (Å²) < 4.78 is 6.36. The van der Waals surface area contributed by atoms with Crippen LogP contribution >= 0.6 is 23.2 Å². The molecule has 3 atom stereocenters. The summed E-state index contributed by atoms with van der Waals surface area (Å²) in [5.41, 5.74) is -0.664. The average molecular weight is 479 g/mol. The van der Waals surface area contributed by atoms with Crippen LogP contribution in [0.5, 0.6) is 11.5 Å². The number of phenolic OH excluding ortho intramolecular Hbond substituents is 2. The Morgan fingerprint density at radius 1 is 1.09 bits per heavy atom. The number of aromatic hydroxyl groups is 2. The Hall–Kier alpha value is -1.82. The molecule has 0 aromatic heterocycles. The van der Waals surface area contributed by atoms with Crippen LogP contribution in [0.4, 0.5) is 0 Å². The van der Waals surface area contributed by atoms with Gasteiger partial charge in [-0.2, -0.15) is 0 Å². The van der Waals surface area contributed by atoms with E-state index in [-0.39, 0.29) is 41.7 Å². The maximum absolute atomic E-state index is 14.0. The standard InChI is InChI=1S/C25H28Cl2O5/c1-13-6-5-7-14(2)10-15-17(28)11-16-19(20(15)29)22(31)24(27)12-18(26)23(3,4)32-25(24,9-8-13)21(16)30/h7-8,11,18,28-29H,5-6,9-10,12H2,1-4H3/b13-8+,14-7-. The van der Waals surface area contributed by atoms with Crippen LogP contribution in [0.15, 0.2) is 29.4 Å². The first kappa shape index (κ1) is 23.3. The summed E-state index contributed by atoms with van der Waals surface area (Å²) in [6, 6.07) is 1.27. The molecule has 0 saturated carbocycles. The molecule has 5 nitrogen and oxygen atoms in total. The molecule has 1 aromatic rings. The van der Waals surface area contributed by atoms with Crippen molar-refractivity contribution in [3.05, 3.63) is 46.1 Å². The van der Waals surface area contributed by atoms with E-state index < -0.39 is 38.8 Å². The average Bonchev–Trinajstić information content (AvgIpc) is 2.70. The SMILES string of the molecule is C/C1=C/CC/C(C)=C/CC23OC(C)(C)C(Cl)CC2(Cl)C(=O)c2c(cc(O)c(c2O)C1)C3=O. The van der Waals surface area contributed by atoms with E-state index in [0.29, 0.717) is 0 Å². The minimum absolute atomic E-state index is 0.00852. The summed E-state index contributed by atoms with van der Waals surface area (Å²) in [6.45, 7) is 7.43. The van der Waals surface area contributed by atoms with Gasteiger partial charge in [-0.1, -0.05) is 23.3 Å². The number of rotatable bonds is 0. The first-order valence-electron chi connectivity index (χ1n) is 10.9. The molecule has 1 spiro atoms. The lowest BCUT2D eigenvalue weighted by Crippen LogP contribution is -2.72. The van der Waals surface area contributed by atoms with Gasteiger partial charge in [0.25, 0.3) is 0 Å². The Bertz CT molecular complexity index is 1090. The van der Waals surface area contributed by atoms with Gasteiger partial charge in [0, 0.05) is 24.0 Å². The molecule has 7 heteroatoms. The first-order chi connectivity index (χ1) is 14.8. The lowest BCUT2D eigenvalue weighted by molar-refractivity contribution is -0.157. The third-order valence-corrected chi connectivity index (χ3v) is 8.41. The molecular weight excluding hydrogens is 451 g/mol. The zero-order valence-corrected chi connectivity index (χ0v) is 20.2. The van der Waals surface area contributed by atoms with Crippen molar-refractivity contribution in [2.45, 2.75) is 81.3 Å². The predicted molar refractivity (Wildman–Crippen MR) is 124 cm³/mol. The molecule has 1 aromatic carbocycles. The van der Waals surface area contributed by atoms with Crippen molar-refractivity contribution in [2.24, 2.45) is 0 Å². The predicted octanol–water partition coefficient (Wildman–Crippen LogP) is 5.62. The Kier molecular flexibility index (Phi) is 5.55. The number of allylic oxidation sites excluding steroid dienone is 3. The highest BCUT2D eigenvalue weighted by Crippen LogP contribution is 2.57. The lowest BCUT2D eigenvalue weighted by Gasteiger charge is -2.56.